The van der Waals surface area contributed by atoms with Crippen LogP contribution in [0.2, 0.25) is 0 Å². The van der Waals surface area contributed by atoms with Crippen LogP contribution in [0.1, 0.15) is 37.9 Å². The number of rotatable bonds is 4. The van der Waals surface area contributed by atoms with Crippen LogP contribution >= 0.6 is 15.9 Å². The first-order valence-electron chi connectivity index (χ1n) is 5.51. The van der Waals surface area contributed by atoms with E-state index in [1.54, 1.807) is 13.8 Å². The standard InChI is InChI=1S/C13H20BrNO/c1-9-7-11(5-6-12(9)14)10(2)15-8-13(3,4)16/h5-7,10,15-16H,8H2,1-4H3. The van der Waals surface area contributed by atoms with Gasteiger partial charge in [0.1, 0.15) is 0 Å². The molecule has 0 amide bonds. The summed E-state index contributed by atoms with van der Waals surface area (Å²) < 4.78 is 1.13. The Morgan fingerprint density at radius 3 is 2.56 bits per heavy atom. The van der Waals surface area contributed by atoms with E-state index < -0.39 is 5.60 Å². The van der Waals surface area contributed by atoms with E-state index in [-0.39, 0.29) is 6.04 Å². The lowest BCUT2D eigenvalue weighted by molar-refractivity contribution is 0.0770. The second-order valence-corrected chi connectivity index (χ2v) is 5.78. The Morgan fingerprint density at radius 2 is 2.06 bits per heavy atom. The fraction of sp³-hybridized carbons (Fsp3) is 0.538. The molecular weight excluding hydrogens is 266 g/mol. The van der Waals surface area contributed by atoms with E-state index in [0.29, 0.717) is 6.54 Å². The second-order valence-electron chi connectivity index (χ2n) is 4.92. The van der Waals surface area contributed by atoms with Gasteiger partial charge in [0, 0.05) is 17.1 Å². The van der Waals surface area contributed by atoms with Crippen LogP contribution in [0, 0.1) is 6.92 Å². The molecule has 1 aromatic carbocycles. The topological polar surface area (TPSA) is 32.3 Å². The molecule has 2 nitrogen and oxygen atoms in total. The van der Waals surface area contributed by atoms with E-state index in [1.807, 2.05) is 0 Å². The second kappa shape index (κ2) is 5.30. The van der Waals surface area contributed by atoms with Crippen LogP contribution in [-0.4, -0.2) is 17.3 Å². The monoisotopic (exact) mass is 285 g/mol. The van der Waals surface area contributed by atoms with Crippen LogP contribution in [-0.2, 0) is 0 Å². The number of hydrogen-bond donors (Lipinski definition) is 2. The Kier molecular flexibility index (Phi) is 4.53. The van der Waals surface area contributed by atoms with Gasteiger partial charge < -0.3 is 10.4 Å². The molecule has 0 aliphatic rings. The van der Waals surface area contributed by atoms with Crippen LogP contribution in [0.25, 0.3) is 0 Å². The van der Waals surface area contributed by atoms with Gasteiger partial charge >= 0.3 is 0 Å². The summed E-state index contributed by atoms with van der Waals surface area (Å²) in [6.45, 7) is 8.38. The first-order chi connectivity index (χ1) is 7.29. The average molecular weight is 286 g/mol. The highest BCUT2D eigenvalue weighted by molar-refractivity contribution is 9.10. The van der Waals surface area contributed by atoms with Gasteiger partial charge in [-0.1, -0.05) is 28.1 Å². The van der Waals surface area contributed by atoms with E-state index >= 15 is 0 Å². The summed E-state index contributed by atoms with van der Waals surface area (Å²) in [5, 5.41) is 13.0. The molecule has 1 rings (SSSR count). The van der Waals surface area contributed by atoms with Gasteiger partial charge in [-0.15, -0.1) is 0 Å². The van der Waals surface area contributed by atoms with Crippen molar-refractivity contribution in [1.29, 1.82) is 0 Å². The number of benzene rings is 1. The van der Waals surface area contributed by atoms with Gasteiger partial charge in [-0.25, -0.2) is 0 Å². The average Bonchev–Trinajstić information content (AvgIpc) is 2.17. The summed E-state index contributed by atoms with van der Waals surface area (Å²) in [5.74, 6) is 0. The minimum atomic E-state index is -0.668. The van der Waals surface area contributed by atoms with Crippen molar-refractivity contribution >= 4 is 15.9 Å². The molecule has 0 heterocycles. The number of aryl methyl sites for hydroxylation is 1. The minimum absolute atomic E-state index is 0.248. The molecule has 1 atom stereocenters. The van der Waals surface area contributed by atoms with Crippen molar-refractivity contribution in [2.75, 3.05) is 6.54 Å². The lowest BCUT2D eigenvalue weighted by atomic mass is 10.0. The van der Waals surface area contributed by atoms with E-state index in [1.165, 1.54) is 11.1 Å². The van der Waals surface area contributed by atoms with E-state index in [9.17, 15) is 5.11 Å². The Hall–Kier alpha value is -0.380. The molecular formula is C13H20BrNO. The molecule has 0 aromatic heterocycles. The molecule has 3 heteroatoms. The van der Waals surface area contributed by atoms with Crippen molar-refractivity contribution in [2.24, 2.45) is 0 Å². The lowest BCUT2D eigenvalue weighted by Crippen LogP contribution is -2.36. The van der Waals surface area contributed by atoms with Crippen LogP contribution in [0.3, 0.4) is 0 Å². The molecule has 0 saturated carbocycles. The van der Waals surface area contributed by atoms with Crippen molar-refractivity contribution < 1.29 is 5.11 Å². The molecule has 0 spiro atoms. The zero-order chi connectivity index (χ0) is 12.3. The maximum atomic E-state index is 9.64. The molecule has 2 N–H and O–H groups in total. The lowest BCUT2D eigenvalue weighted by Gasteiger charge is -2.22. The van der Waals surface area contributed by atoms with Gasteiger partial charge in [0.25, 0.3) is 0 Å². The maximum Gasteiger partial charge on any atom is 0.0715 e. The summed E-state index contributed by atoms with van der Waals surface area (Å²) in [7, 11) is 0. The van der Waals surface area contributed by atoms with Gasteiger partial charge in [-0.2, -0.15) is 0 Å². The number of nitrogens with one attached hydrogen (secondary N) is 1. The highest BCUT2D eigenvalue weighted by atomic mass is 79.9. The first-order valence-corrected chi connectivity index (χ1v) is 6.31. The number of halogens is 1. The zero-order valence-corrected chi connectivity index (χ0v) is 11.9. The summed E-state index contributed by atoms with van der Waals surface area (Å²) in [5.41, 5.74) is 1.80. The minimum Gasteiger partial charge on any atom is -0.389 e. The third-order valence-corrected chi connectivity index (χ3v) is 3.41. The zero-order valence-electron chi connectivity index (χ0n) is 10.3. The molecule has 0 radical (unpaired) electrons. The van der Waals surface area contributed by atoms with Gasteiger partial charge in [0.15, 0.2) is 0 Å². The van der Waals surface area contributed by atoms with Crippen LogP contribution in [0.15, 0.2) is 22.7 Å². The summed E-state index contributed by atoms with van der Waals surface area (Å²) >= 11 is 3.49. The molecule has 0 aliphatic heterocycles. The number of hydrogen-bond acceptors (Lipinski definition) is 2. The smallest absolute Gasteiger partial charge is 0.0715 e. The molecule has 0 aliphatic carbocycles. The third-order valence-electron chi connectivity index (χ3n) is 2.52. The van der Waals surface area contributed by atoms with Crippen LogP contribution in [0.5, 0.6) is 0 Å². The van der Waals surface area contributed by atoms with Crippen molar-refractivity contribution in [3.8, 4) is 0 Å². The van der Waals surface area contributed by atoms with Crippen molar-refractivity contribution in [3.05, 3.63) is 33.8 Å². The molecule has 90 valence electrons. The van der Waals surface area contributed by atoms with Crippen LogP contribution < -0.4 is 5.32 Å². The van der Waals surface area contributed by atoms with E-state index in [0.717, 1.165) is 4.47 Å². The quantitative estimate of drug-likeness (QED) is 0.891. The highest BCUT2D eigenvalue weighted by Gasteiger charge is 2.14. The maximum absolute atomic E-state index is 9.64. The van der Waals surface area contributed by atoms with Gasteiger partial charge in [0.2, 0.25) is 0 Å². The summed E-state index contributed by atoms with van der Waals surface area (Å²) in [4.78, 5) is 0. The molecule has 0 fully saturated rings. The van der Waals surface area contributed by atoms with Crippen molar-refractivity contribution in [2.45, 2.75) is 39.3 Å². The molecule has 1 aromatic rings. The highest BCUT2D eigenvalue weighted by Crippen LogP contribution is 2.21. The van der Waals surface area contributed by atoms with E-state index in [2.05, 4.69) is 53.3 Å². The molecule has 0 saturated heterocycles. The Labute approximate surface area is 106 Å². The third kappa shape index (κ3) is 4.24. The van der Waals surface area contributed by atoms with Gasteiger partial charge in [0.05, 0.1) is 5.60 Å². The molecule has 0 bridgehead atoms. The van der Waals surface area contributed by atoms with Gasteiger partial charge in [-0.05, 0) is 44.9 Å². The van der Waals surface area contributed by atoms with Crippen LogP contribution in [0.4, 0.5) is 0 Å². The summed E-state index contributed by atoms with van der Waals surface area (Å²) in [6, 6.07) is 6.57. The Balaban J connectivity index is 2.66. The fourth-order valence-electron chi connectivity index (χ4n) is 1.46. The Morgan fingerprint density at radius 1 is 1.44 bits per heavy atom. The normalized spacial score (nSPS) is 13.9. The fourth-order valence-corrected chi connectivity index (χ4v) is 1.70. The molecule has 1 unspecified atom stereocenters. The van der Waals surface area contributed by atoms with Crippen molar-refractivity contribution in [1.82, 2.24) is 5.32 Å². The predicted octanol–water partition coefficient (Wildman–Crippen LogP) is 3.18. The number of aliphatic hydroxyl groups is 1. The largest absolute Gasteiger partial charge is 0.389 e. The Bertz CT molecular complexity index is 357. The van der Waals surface area contributed by atoms with Crippen molar-refractivity contribution in [3.63, 3.8) is 0 Å². The molecule has 16 heavy (non-hydrogen) atoms. The van der Waals surface area contributed by atoms with Gasteiger partial charge in [-0.3, -0.25) is 0 Å². The first kappa shape index (κ1) is 13.7. The summed E-state index contributed by atoms with van der Waals surface area (Å²) in [6.07, 6.45) is 0. The van der Waals surface area contributed by atoms with E-state index in [4.69, 9.17) is 0 Å². The predicted molar refractivity (Wildman–Crippen MR) is 71.6 cm³/mol. The SMILES string of the molecule is Cc1cc(C(C)NCC(C)(C)O)ccc1Br.